The number of rotatable bonds is 0. The van der Waals surface area contributed by atoms with Crippen LogP contribution in [0.15, 0.2) is 0 Å². The lowest BCUT2D eigenvalue weighted by molar-refractivity contribution is 0.275. The van der Waals surface area contributed by atoms with Crippen molar-refractivity contribution in [1.29, 1.82) is 0 Å². The van der Waals surface area contributed by atoms with Crippen LogP contribution in [-0.2, 0) is 4.57 Å². The van der Waals surface area contributed by atoms with Crippen molar-refractivity contribution in [2.75, 3.05) is 0 Å². The molecule has 0 bridgehead atoms. The lowest BCUT2D eigenvalue weighted by Crippen LogP contribution is -1.66. The zero-order chi connectivity index (χ0) is 4.50. The van der Waals surface area contributed by atoms with E-state index in [1.807, 2.05) is 0 Å². The fraction of sp³-hybridized carbons (Fsp3) is 0. The van der Waals surface area contributed by atoms with Gasteiger partial charge >= 0.3 is 7.82 Å². The summed E-state index contributed by atoms with van der Waals surface area (Å²) in [6, 6.07) is 0. The molecule has 0 spiro atoms. The van der Waals surface area contributed by atoms with Gasteiger partial charge in [-0.25, -0.2) is 4.57 Å². The molecule has 0 aliphatic rings. The fourth-order valence-electron chi connectivity index (χ4n) is 0. The van der Waals surface area contributed by atoms with E-state index in [0.717, 1.165) is 0 Å². The molecule has 0 aromatic heterocycles. The third-order valence-electron chi connectivity index (χ3n) is 0. The summed E-state index contributed by atoms with van der Waals surface area (Å²) in [7, 11) is -4.64. The second kappa shape index (κ2) is 16.0. The van der Waals surface area contributed by atoms with Gasteiger partial charge in [0.2, 0.25) is 0 Å². The van der Waals surface area contributed by atoms with Gasteiger partial charge in [-0.1, -0.05) is 0 Å². The number of hydrogen-bond donors (Lipinski definition) is 4. The Labute approximate surface area is 56.4 Å². The van der Waals surface area contributed by atoms with Crippen LogP contribution in [0.1, 0.15) is 0 Å². The summed E-state index contributed by atoms with van der Waals surface area (Å²) in [5.41, 5.74) is 0. The average Bonchev–Trinajstić information content (AvgIpc) is 0.722. The van der Waals surface area contributed by atoms with E-state index in [0.29, 0.717) is 0 Å². The van der Waals surface area contributed by atoms with Crippen LogP contribution in [0.3, 0.4) is 0 Å². The summed E-state index contributed by atoms with van der Waals surface area (Å²) < 4.78 is 8.88. The molecule has 0 atom stereocenters. The van der Waals surface area contributed by atoms with E-state index < -0.39 is 7.82 Å². The molecular weight excluding hydrogens is 173 g/mol. The zero-order valence-corrected chi connectivity index (χ0v) is 5.80. The van der Waals surface area contributed by atoms with Gasteiger partial charge in [0.05, 0.1) is 0 Å². The van der Waals surface area contributed by atoms with Crippen LogP contribution < -0.4 is 6.15 Å². The Morgan fingerprint density at radius 2 is 0.800 bits per heavy atom. The molecule has 0 radical (unpaired) electrons. The van der Waals surface area contributed by atoms with Crippen LogP contribution in [0.25, 0.3) is 0 Å². The highest BCUT2D eigenvalue weighted by Crippen LogP contribution is 2.25. The molecule has 0 fully saturated rings. The Bertz CT molecular complexity index is 55.4. The predicted octanol–water partition coefficient (Wildman–Crippen LogP) is -4.07. The first-order valence-electron chi connectivity index (χ1n) is 0.783. The van der Waals surface area contributed by atoms with E-state index in [1.165, 1.54) is 0 Å². The largest absolute Gasteiger partial charge is 0.466 e. The van der Waals surface area contributed by atoms with Gasteiger partial charge in [0.25, 0.3) is 0 Å². The summed E-state index contributed by atoms with van der Waals surface area (Å²) in [4.78, 5) is 21.6. The van der Waals surface area contributed by atoms with Crippen LogP contribution >= 0.6 is 7.82 Å². The van der Waals surface area contributed by atoms with Crippen molar-refractivity contribution in [3.05, 3.63) is 0 Å². The van der Waals surface area contributed by atoms with E-state index in [-0.39, 0.29) is 28.1 Å². The average molecular weight is 187 g/mol. The molecule has 14 N–H and O–H groups in total. The third-order valence-corrected chi connectivity index (χ3v) is 0. The molecule has 10 heteroatoms. The number of phosphoric acid groups is 1. The highest BCUT2D eigenvalue weighted by atomic mass is 31.2. The lowest BCUT2D eigenvalue weighted by Gasteiger charge is -1.82. The standard InChI is InChI=1S/H3N.H3O4P.4H2O/c;1-5(2,3)4;;;;/h1H3;(H3,1,2,3,4);4*1H2. The van der Waals surface area contributed by atoms with E-state index in [9.17, 15) is 0 Å². The Kier molecular flexibility index (Phi) is 82.1. The van der Waals surface area contributed by atoms with Crippen LogP contribution in [0.5, 0.6) is 0 Å². The molecule has 72 valence electrons. The molecular formula is H14NO8P. The van der Waals surface area contributed by atoms with Crippen LogP contribution in [-0.4, -0.2) is 36.6 Å². The van der Waals surface area contributed by atoms with E-state index in [2.05, 4.69) is 0 Å². The van der Waals surface area contributed by atoms with Gasteiger partial charge in [-0.05, 0) is 0 Å². The summed E-state index contributed by atoms with van der Waals surface area (Å²) in [6.07, 6.45) is 0. The summed E-state index contributed by atoms with van der Waals surface area (Å²) in [5.74, 6) is 0. The third kappa shape index (κ3) is 46600. The van der Waals surface area contributed by atoms with Gasteiger partial charge < -0.3 is 42.7 Å². The van der Waals surface area contributed by atoms with Gasteiger partial charge in [0, 0.05) is 0 Å². The fourth-order valence-corrected chi connectivity index (χ4v) is 0. The van der Waals surface area contributed by atoms with Crippen molar-refractivity contribution in [3.63, 3.8) is 0 Å². The quantitative estimate of drug-likeness (QED) is 0.275. The van der Waals surface area contributed by atoms with Crippen molar-refractivity contribution in [2.45, 2.75) is 0 Å². The summed E-state index contributed by atoms with van der Waals surface area (Å²) in [5, 5.41) is 0. The second-order valence-corrected chi connectivity index (χ2v) is 1.54. The Morgan fingerprint density at radius 1 is 0.800 bits per heavy atom. The monoisotopic (exact) mass is 187 g/mol. The molecule has 0 aromatic carbocycles. The lowest BCUT2D eigenvalue weighted by atomic mass is 14.0. The maximum Gasteiger partial charge on any atom is 0.466 e. The normalized spacial score (nSPS) is 5.90. The van der Waals surface area contributed by atoms with Crippen molar-refractivity contribution in [2.24, 2.45) is 0 Å². The molecule has 0 amide bonds. The Balaban J connectivity index is -0.00000000800. The highest BCUT2D eigenvalue weighted by molar-refractivity contribution is 7.45. The molecule has 0 saturated heterocycles. The predicted molar refractivity (Wildman–Crippen MR) is 33.7 cm³/mol. The van der Waals surface area contributed by atoms with Crippen LogP contribution in [0.2, 0.25) is 0 Å². The van der Waals surface area contributed by atoms with E-state index in [4.69, 9.17) is 19.2 Å². The zero-order valence-electron chi connectivity index (χ0n) is 4.90. The van der Waals surface area contributed by atoms with Crippen molar-refractivity contribution in [3.8, 4) is 0 Å². The SMILES string of the molecule is N.O.O.O.O.O=P(O)(O)O. The maximum absolute atomic E-state index is 8.88. The molecule has 0 rings (SSSR count). The first-order valence-corrected chi connectivity index (χ1v) is 2.35. The topological polar surface area (TPSA) is 239 Å². The van der Waals surface area contributed by atoms with Gasteiger partial charge in [-0.2, -0.15) is 0 Å². The van der Waals surface area contributed by atoms with Crippen molar-refractivity contribution in [1.82, 2.24) is 6.15 Å². The van der Waals surface area contributed by atoms with Crippen molar-refractivity contribution >= 4 is 7.82 Å². The minimum Gasteiger partial charge on any atom is -0.412 e. The molecule has 0 aromatic rings. The maximum atomic E-state index is 8.88. The molecule has 0 unspecified atom stereocenters. The summed E-state index contributed by atoms with van der Waals surface area (Å²) in [6.45, 7) is 0. The molecule has 0 saturated carbocycles. The van der Waals surface area contributed by atoms with Crippen LogP contribution in [0.4, 0.5) is 0 Å². The molecule has 10 heavy (non-hydrogen) atoms. The smallest absolute Gasteiger partial charge is 0.412 e. The number of hydrogen-bond acceptors (Lipinski definition) is 2. The summed E-state index contributed by atoms with van der Waals surface area (Å²) >= 11 is 0. The Hall–Kier alpha value is -0.0900. The van der Waals surface area contributed by atoms with Gasteiger partial charge in [-0.15, -0.1) is 0 Å². The van der Waals surface area contributed by atoms with E-state index in [1.54, 1.807) is 0 Å². The molecule has 9 nitrogen and oxygen atoms in total. The first kappa shape index (κ1) is 51.5. The van der Waals surface area contributed by atoms with Gasteiger partial charge in [-0.3, -0.25) is 0 Å². The molecule has 0 aliphatic carbocycles. The van der Waals surface area contributed by atoms with Gasteiger partial charge in [0.15, 0.2) is 0 Å². The van der Waals surface area contributed by atoms with Gasteiger partial charge in [0.1, 0.15) is 0 Å². The van der Waals surface area contributed by atoms with Crippen LogP contribution in [0, 0.1) is 0 Å². The minimum absolute atomic E-state index is 0. The minimum atomic E-state index is -4.64. The molecule has 0 aliphatic heterocycles. The highest BCUT2D eigenvalue weighted by Gasteiger charge is 2.00. The van der Waals surface area contributed by atoms with Crippen molar-refractivity contribution < 1.29 is 41.2 Å². The molecule has 0 heterocycles. The first-order chi connectivity index (χ1) is 2.00. The second-order valence-electron chi connectivity index (χ2n) is 0.513. The Morgan fingerprint density at radius 3 is 0.800 bits per heavy atom. The van der Waals surface area contributed by atoms with E-state index >= 15 is 0 Å².